The maximum atomic E-state index is 12.1. The summed E-state index contributed by atoms with van der Waals surface area (Å²) in [6.45, 7) is 8.09. The molecule has 1 aromatic rings. The maximum Gasteiger partial charge on any atom is 0.490 e. The molecule has 1 aliphatic rings. The Balaban J connectivity index is 0.000000856. The number of carboxylic acid groups (broad SMARTS) is 1. The molecule has 1 saturated heterocycles. The summed E-state index contributed by atoms with van der Waals surface area (Å²) in [5.74, 6) is -3.05. The Morgan fingerprint density at radius 3 is 2.46 bits per heavy atom. The normalized spacial score (nSPS) is 17.1. The second-order valence-electron chi connectivity index (χ2n) is 8.54. The lowest BCUT2D eigenvalue weighted by molar-refractivity contribution is -0.192. The van der Waals surface area contributed by atoms with Gasteiger partial charge in [0.1, 0.15) is 12.6 Å². The minimum Gasteiger partial charge on any atom is -0.475 e. The van der Waals surface area contributed by atoms with E-state index >= 15 is 0 Å². The van der Waals surface area contributed by atoms with Crippen LogP contribution in [0.2, 0.25) is 0 Å². The van der Waals surface area contributed by atoms with E-state index in [0.717, 1.165) is 50.0 Å². The van der Waals surface area contributed by atoms with E-state index in [1.165, 1.54) is 0 Å². The van der Waals surface area contributed by atoms with Crippen molar-refractivity contribution in [3.8, 4) is 0 Å². The Kier molecular flexibility index (Phi) is 15.6. The number of ether oxygens (including phenoxy) is 4. The Morgan fingerprint density at radius 1 is 1.24 bits per heavy atom. The molecule has 0 aromatic heterocycles. The topological polar surface area (TPSA) is 103 Å². The summed E-state index contributed by atoms with van der Waals surface area (Å²) in [5.41, 5.74) is 1.88. The molecule has 1 aliphatic heterocycles. The quantitative estimate of drug-likeness (QED) is 0.334. The Morgan fingerprint density at radius 2 is 1.92 bits per heavy atom. The Bertz CT molecular complexity index is 799. The molecule has 8 nitrogen and oxygen atoms in total. The van der Waals surface area contributed by atoms with Gasteiger partial charge in [0.15, 0.2) is 0 Å². The fourth-order valence-corrected chi connectivity index (χ4v) is 3.47. The molecule has 1 fully saturated rings. The second-order valence-corrected chi connectivity index (χ2v) is 8.54. The van der Waals surface area contributed by atoms with E-state index in [1.54, 1.807) is 7.11 Å². The number of unbranched alkanes of at least 4 members (excludes halogenated alkanes) is 1. The number of carboxylic acids is 1. The molecular formula is C26H38F3NO7. The molecule has 0 amide bonds. The Hall–Kier alpha value is -2.63. The molecule has 11 heteroatoms. The van der Waals surface area contributed by atoms with Gasteiger partial charge in [-0.3, -0.25) is 4.79 Å². The van der Waals surface area contributed by atoms with Crippen LogP contribution in [-0.4, -0.2) is 68.4 Å². The number of aliphatic carboxylic acids is 1. The van der Waals surface area contributed by atoms with Crippen LogP contribution >= 0.6 is 0 Å². The average Bonchev–Trinajstić information content (AvgIpc) is 2.87. The first kappa shape index (κ1) is 32.4. The van der Waals surface area contributed by atoms with Gasteiger partial charge < -0.3 is 29.4 Å². The second kappa shape index (κ2) is 17.8. The zero-order valence-corrected chi connectivity index (χ0v) is 21.4. The van der Waals surface area contributed by atoms with E-state index in [4.69, 9.17) is 28.8 Å². The van der Waals surface area contributed by atoms with Crippen LogP contribution in [0.5, 0.6) is 0 Å². The summed E-state index contributed by atoms with van der Waals surface area (Å²) < 4.78 is 54.5. The third kappa shape index (κ3) is 14.6. The van der Waals surface area contributed by atoms with Gasteiger partial charge >= 0.3 is 18.1 Å². The van der Waals surface area contributed by atoms with Crippen molar-refractivity contribution in [1.82, 2.24) is 5.32 Å². The number of hydrogen-bond acceptors (Lipinski definition) is 7. The lowest BCUT2D eigenvalue weighted by Crippen LogP contribution is -2.35. The maximum absolute atomic E-state index is 12.1. The van der Waals surface area contributed by atoms with Crippen molar-refractivity contribution in [3.05, 3.63) is 48.2 Å². The first-order valence-electron chi connectivity index (χ1n) is 12.2. The van der Waals surface area contributed by atoms with E-state index in [9.17, 15) is 18.0 Å². The molecule has 0 unspecified atom stereocenters. The zero-order valence-electron chi connectivity index (χ0n) is 21.4. The molecule has 2 rings (SSSR count). The molecule has 0 saturated carbocycles. The highest BCUT2D eigenvalue weighted by Crippen LogP contribution is 2.19. The number of halogens is 3. The summed E-state index contributed by atoms with van der Waals surface area (Å²) in [7, 11) is 1.69. The smallest absolute Gasteiger partial charge is 0.475 e. The van der Waals surface area contributed by atoms with E-state index in [2.05, 4.69) is 31.0 Å². The highest BCUT2D eigenvalue weighted by molar-refractivity contribution is 5.73. The van der Waals surface area contributed by atoms with Crippen molar-refractivity contribution in [2.24, 2.45) is 0 Å². The van der Waals surface area contributed by atoms with Gasteiger partial charge in [-0.2, -0.15) is 13.2 Å². The van der Waals surface area contributed by atoms with Crippen molar-refractivity contribution >= 4 is 11.9 Å². The summed E-state index contributed by atoms with van der Waals surface area (Å²) in [5, 5.41) is 10.2. The van der Waals surface area contributed by atoms with Gasteiger partial charge in [0.25, 0.3) is 0 Å². The molecule has 37 heavy (non-hydrogen) atoms. The van der Waals surface area contributed by atoms with Crippen molar-refractivity contribution < 1.29 is 46.8 Å². The molecule has 1 heterocycles. The number of alkyl halides is 3. The van der Waals surface area contributed by atoms with E-state index in [0.29, 0.717) is 19.6 Å². The third-order valence-electron chi connectivity index (χ3n) is 5.46. The first-order valence-corrected chi connectivity index (χ1v) is 12.2. The standard InChI is InChI=1S/C24H37NO5.C2HF3O2/c1-4-5-13-22(29-17-20-10-7-6-8-11-20)23(27-3)15-19(2)25-16-24(26)30-21-12-9-14-28-18-21;3-2(4,5)1(6)7/h6-8,10-11,21-23,25H,2,4-5,9,12-18H2,1,3H3;(H,6,7)/t21-,22-,23+;/m1./s1. The molecule has 210 valence electrons. The lowest BCUT2D eigenvalue weighted by Gasteiger charge is -2.27. The first-order chi connectivity index (χ1) is 17.6. The summed E-state index contributed by atoms with van der Waals surface area (Å²) >= 11 is 0. The molecule has 0 spiro atoms. The van der Waals surface area contributed by atoms with Crippen LogP contribution in [0.25, 0.3) is 0 Å². The summed E-state index contributed by atoms with van der Waals surface area (Å²) in [4.78, 5) is 21.0. The highest BCUT2D eigenvalue weighted by atomic mass is 19.4. The monoisotopic (exact) mass is 533 g/mol. The Labute approximate surface area is 216 Å². The molecular weight excluding hydrogens is 495 g/mol. The van der Waals surface area contributed by atoms with Crippen molar-refractivity contribution in [3.63, 3.8) is 0 Å². The van der Waals surface area contributed by atoms with E-state index in [1.807, 2.05) is 18.2 Å². The number of carbonyl (C=O) groups excluding carboxylic acids is 1. The minimum absolute atomic E-state index is 0.0416. The SMILES string of the molecule is C=C(C[C@H](OC)[C@@H](CCCC)OCc1ccccc1)NCC(=O)O[C@@H]1CCCOC1.O=C(O)C(F)(F)F. The van der Waals surface area contributed by atoms with Crippen LogP contribution in [0.1, 0.15) is 51.0 Å². The van der Waals surface area contributed by atoms with Crippen molar-refractivity contribution in [1.29, 1.82) is 0 Å². The molecule has 0 bridgehead atoms. The highest BCUT2D eigenvalue weighted by Gasteiger charge is 2.38. The van der Waals surface area contributed by atoms with Gasteiger partial charge in [-0.15, -0.1) is 0 Å². The van der Waals surface area contributed by atoms with Crippen LogP contribution in [-0.2, 0) is 35.1 Å². The number of rotatable bonds is 14. The number of nitrogens with one attached hydrogen (secondary N) is 1. The van der Waals surface area contributed by atoms with Crippen molar-refractivity contribution in [2.75, 3.05) is 26.9 Å². The third-order valence-corrected chi connectivity index (χ3v) is 5.46. The number of carbonyl (C=O) groups is 2. The van der Waals surface area contributed by atoms with Gasteiger partial charge in [-0.25, -0.2) is 4.79 Å². The van der Waals surface area contributed by atoms with Crippen LogP contribution < -0.4 is 5.32 Å². The van der Waals surface area contributed by atoms with Crippen LogP contribution in [0.3, 0.4) is 0 Å². The van der Waals surface area contributed by atoms with E-state index in [-0.39, 0.29) is 30.8 Å². The molecule has 2 N–H and O–H groups in total. The van der Waals surface area contributed by atoms with Crippen molar-refractivity contribution in [2.45, 2.75) is 76.5 Å². The fraction of sp³-hybridized carbons (Fsp3) is 0.615. The largest absolute Gasteiger partial charge is 0.490 e. The van der Waals surface area contributed by atoms with Gasteiger partial charge in [0, 0.05) is 25.8 Å². The van der Waals surface area contributed by atoms with Gasteiger partial charge in [-0.1, -0.05) is 56.7 Å². The number of hydrogen-bond donors (Lipinski definition) is 2. The van der Waals surface area contributed by atoms with Crippen LogP contribution in [0, 0.1) is 0 Å². The van der Waals surface area contributed by atoms with Gasteiger partial charge in [-0.05, 0) is 24.8 Å². The summed E-state index contributed by atoms with van der Waals surface area (Å²) in [6.07, 6.45) is 0.0256. The number of methoxy groups -OCH3 is 1. The molecule has 1 aromatic carbocycles. The number of esters is 1. The van der Waals surface area contributed by atoms with Gasteiger partial charge in [0.05, 0.1) is 25.4 Å². The predicted molar refractivity (Wildman–Crippen MR) is 131 cm³/mol. The van der Waals surface area contributed by atoms with Gasteiger partial charge in [0.2, 0.25) is 0 Å². The molecule has 3 atom stereocenters. The van der Waals surface area contributed by atoms with Crippen LogP contribution in [0.4, 0.5) is 13.2 Å². The predicted octanol–water partition coefficient (Wildman–Crippen LogP) is 4.63. The number of benzene rings is 1. The zero-order chi connectivity index (χ0) is 27.7. The molecule has 0 aliphatic carbocycles. The minimum atomic E-state index is -5.08. The van der Waals surface area contributed by atoms with E-state index < -0.39 is 12.1 Å². The summed E-state index contributed by atoms with van der Waals surface area (Å²) in [6, 6.07) is 10.1. The molecule has 0 radical (unpaired) electrons. The average molecular weight is 534 g/mol. The fourth-order valence-electron chi connectivity index (χ4n) is 3.47. The lowest BCUT2D eigenvalue weighted by atomic mass is 10.0. The van der Waals surface area contributed by atoms with Crippen LogP contribution in [0.15, 0.2) is 42.6 Å².